The van der Waals surface area contributed by atoms with Gasteiger partial charge in [-0.2, -0.15) is 0 Å². The molecule has 1 N–H and O–H groups in total. The molecule has 0 radical (unpaired) electrons. The van der Waals surface area contributed by atoms with Crippen molar-refractivity contribution >= 4 is 23.5 Å². The second-order valence-electron chi connectivity index (χ2n) is 4.09. The minimum atomic E-state index is 0.118. The van der Waals surface area contributed by atoms with Crippen LogP contribution in [0.3, 0.4) is 0 Å². The Bertz CT molecular complexity index is 377. The predicted molar refractivity (Wildman–Crippen MR) is 83.5 cm³/mol. The Morgan fingerprint density at radius 2 is 1.94 bits per heavy atom. The molecular formula is C15H22OS2. The van der Waals surface area contributed by atoms with Crippen molar-refractivity contribution in [2.75, 3.05) is 12.0 Å². The van der Waals surface area contributed by atoms with Crippen molar-refractivity contribution in [3.63, 3.8) is 0 Å². The van der Waals surface area contributed by atoms with E-state index in [0.29, 0.717) is 0 Å². The highest BCUT2D eigenvalue weighted by molar-refractivity contribution is 8.00. The van der Waals surface area contributed by atoms with Gasteiger partial charge < -0.3 is 5.11 Å². The third-order valence-corrected chi connectivity index (χ3v) is 4.52. The molecule has 0 saturated heterocycles. The number of hydrogen-bond donors (Lipinski definition) is 1. The van der Waals surface area contributed by atoms with Crippen LogP contribution >= 0.6 is 23.5 Å². The fourth-order valence-electron chi connectivity index (χ4n) is 1.69. The van der Waals surface area contributed by atoms with Crippen LogP contribution in [0.4, 0.5) is 0 Å². The maximum absolute atomic E-state index is 9.26. The minimum Gasteiger partial charge on any atom is -0.392 e. The van der Waals surface area contributed by atoms with Gasteiger partial charge >= 0.3 is 0 Å². The van der Waals surface area contributed by atoms with Gasteiger partial charge in [-0.05, 0) is 42.9 Å². The zero-order valence-corrected chi connectivity index (χ0v) is 13.0. The van der Waals surface area contributed by atoms with Crippen LogP contribution in [0, 0.1) is 0 Å². The summed E-state index contributed by atoms with van der Waals surface area (Å²) < 4.78 is 0. The average molecular weight is 282 g/mol. The maximum atomic E-state index is 9.26. The Morgan fingerprint density at radius 3 is 2.50 bits per heavy atom. The number of aliphatic hydroxyl groups excluding tert-OH is 1. The van der Waals surface area contributed by atoms with Crippen LogP contribution in [0.25, 0.3) is 0 Å². The quantitative estimate of drug-likeness (QED) is 0.576. The summed E-state index contributed by atoms with van der Waals surface area (Å²) >= 11 is 3.58. The van der Waals surface area contributed by atoms with Crippen LogP contribution in [0.5, 0.6) is 0 Å². The molecular weight excluding hydrogens is 260 g/mol. The van der Waals surface area contributed by atoms with Crippen LogP contribution in [0.2, 0.25) is 0 Å². The van der Waals surface area contributed by atoms with E-state index in [1.54, 1.807) is 11.8 Å². The predicted octanol–water partition coefficient (Wildman–Crippen LogP) is 4.74. The average Bonchev–Trinajstić information content (AvgIpc) is 2.42. The second-order valence-corrected chi connectivity index (χ2v) is 6.02. The van der Waals surface area contributed by atoms with Crippen LogP contribution in [0.1, 0.15) is 32.3 Å². The summed E-state index contributed by atoms with van der Waals surface area (Å²) in [7, 11) is 0. The van der Waals surface area contributed by atoms with Gasteiger partial charge in [0, 0.05) is 15.5 Å². The first-order valence-corrected chi connectivity index (χ1v) is 8.54. The van der Waals surface area contributed by atoms with Crippen molar-refractivity contribution < 1.29 is 5.11 Å². The van der Waals surface area contributed by atoms with Crippen molar-refractivity contribution in [3.05, 3.63) is 35.4 Å². The van der Waals surface area contributed by atoms with Gasteiger partial charge in [0.2, 0.25) is 0 Å². The van der Waals surface area contributed by atoms with Gasteiger partial charge in [-0.3, -0.25) is 0 Å². The Balaban J connectivity index is 2.74. The first kappa shape index (κ1) is 15.7. The highest BCUT2D eigenvalue weighted by Gasteiger charge is 2.02. The molecule has 0 bridgehead atoms. The van der Waals surface area contributed by atoms with Crippen LogP contribution in [0.15, 0.2) is 39.6 Å². The normalized spacial score (nSPS) is 11.9. The second kappa shape index (κ2) is 8.68. The zero-order chi connectivity index (χ0) is 13.4. The van der Waals surface area contributed by atoms with Gasteiger partial charge in [-0.1, -0.05) is 25.5 Å². The number of benzene rings is 1. The van der Waals surface area contributed by atoms with Gasteiger partial charge in [-0.15, -0.1) is 23.5 Å². The van der Waals surface area contributed by atoms with E-state index < -0.39 is 0 Å². The maximum Gasteiger partial charge on any atom is 0.0682 e. The standard InChI is InChI=1S/C15H22OS2/c1-4-6-12(5-2)11-18-15-8-13(10-16)7-14(9-15)17-3/h6-9,16H,4-5,10-11H2,1-3H3/b12-6+. The summed E-state index contributed by atoms with van der Waals surface area (Å²) in [5.74, 6) is 1.05. The van der Waals surface area contributed by atoms with E-state index in [0.717, 1.165) is 24.2 Å². The lowest BCUT2D eigenvalue weighted by atomic mass is 10.2. The first-order chi connectivity index (χ1) is 8.73. The molecule has 0 heterocycles. The molecule has 0 spiro atoms. The molecule has 0 aliphatic heterocycles. The van der Waals surface area contributed by atoms with E-state index in [2.05, 4.69) is 44.4 Å². The molecule has 0 aliphatic carbocycles. The first-order valence-electron chi connectivity index (χ1n) is 6.33. The lowest BCUT2D eigenvalue weighted by Crippen LogP contribution is -1.89. The van der Waals surface area contributed by atoms with Crippen molar-refractivity contribution in [2.45, 2.75) is 43.1 Å². The highest BCUT2D eigenvalue weighted by Crippen LogP contribution is 2.28. The third kappa shape index (κ3) is 5.09. The number of rotatable bonds is 7. The molecule has 1 rings (SSSR count). The smallest absolute Gasteiger partial charge is 0.0682 e. The molecule has 0 fully saturated rings. The Hall–Kier alpha value is -0.380. The number of aliphatic hydroxyl groups is 1. The third-order valence-electron chi connectivity index (χ3n) is 2.73. The lowest BCUT2D eigenvalue weighted by Gasteiger charge is -2.08. The molecule has 3 heteroatoms. The number of thioether (sulfide) groups is 2. The van der Waals surface area contributed by atoms with Crippen LogP contribution in [-0.2, 0) is 6.61 Å². The summed E-state index contributed by atoms with van der Waals surface area (Å²) in [6, 6.07) is 6.34. The van der Waals surface area contributed by atoms with Gasteiger partial charge in [-0.25, -0.2) is 0 Å². The minimum absolute atomic E-state index is 0.118. The van der Waals surface area contributed by atoms with Crippen molar-refractivity contribution in [3.8, 4) is 0 Å². The molecule has 1 aromatic rings. The van der Waals surface area contributed by atoms with E-state index >= 15 is 0 Å². The molecule has 0 saturated carbocycles. The molecule has 1 nitrogen and oxygen atoms in total. The SMILES string of the molecule is CC/C=C(\CC)CSc1cc(CO)cc(SC)c1. The van der Waals surface area contributed by atoms with Crippen molar-refractivity contribution in [1.29, 1.82) is 0 Å². The molecule has 18 heavy (non-hydrogen) atoms. The van der Waals surface area contributed by atoms with E-state index in [4.69, 9.17) is 0 Å². The lowest BCUT2D eigenvalue weighted by molar-refractivity contribution is 0.281. The zero-order valence-electron chi connectivity index (χ0n) is 11.4. The molecule has 0 aliphatic rings. The van der Waals surface area contributed by atoms with E-state index in [1.807, 2.05) is 11.8 Å². The van der Waals surface area contributed by atoms with Crippen LogP contribution < -0.4 is 0 Å². The Kier molecular flexibility index (Phi) is 7.56. The summed E-state index contributed by atoms with van der Waals surface area (Å²) in [5.41, 5.74) is 2.50. The monoisotopic (exact) mass is 282 g/mol. The van der Waals surface area contributed by atoms with Gasteiger partial charge in [0.15, 0.2) is 0 Å². The van der Waals surface area contributed by atoms with Gasteiger partial charge in [0.05, 0.1) is 6.61 Å². The Labute approximate surface area is 119 Å². The molecule has 0 unspecified atom stereocenters. The topological polar surface area (TPSA) is 20.2 Å². The summed E-state index contributed by atoms with van der Waals surface area (Å²) in [4.78, 5) is 2.47. The summed E-state index contributed by atoms with van der Waals surface area (Å²) in [6.45, 7) is 4.51. The summed E-state index contributed by atoms with van der Waals surface area (Å²) in [6.07, 6.45) is 6.62. The molecule has 0 aromatic heterocycles. The molecule has 1 aromatic carbocycles. The van der Waals surface area contributed by atoms with Crippen molar-refractivity contribution in [1.82, 2.24) is 0 Å². The fourth-order valence-corrected chi connectivity index (χ4v) is 3.40. The largest absolute Gasteiger partial charge is 0.392 e. The Morgan fingerprint density at radius 1 is 1.22 bits per heavy atom. The van der Waals surface area contributed by atoms with Gasteiger partial charge in [0.25, 0.3) is 0 Å². The molecule has 100 valence electrons. The van der Waals surface area contributed by atoms with Crippen molar-refractivity contribution in [2.24, 2.45) is 0 Å². The molecule has 0 atom stereocenters. The van der Waals surface area contributed by atoms with Crippen LogP contribution in [-0.4, -0.2) is 17.1 Å². The highest BCUT2D eigenvalue weighted by atomic mass is 32.2. The fraction of sp³-hybridized carbons (Fsp3) is 0.467. The number of hydrogen-bond acceptors (Lipinski definition) is 3. The number of allylic oxidation sites excluding steroid dienone is 1. The van der Waals surface area contributed by atoms with Gasteiger partial charge in [0.1, 0.15) is 0 Å². The summed E-state index contributed by atoms with van der Waals surface area (Å²) in [5, 5.41) is 9.26. The molecule has 0 amide bonds. The van der Waals surface area contributed by atoms with E-state index in [1.165, 1.54) is 15.4 Å². The van der Waals surface area contributed by atoms with E-state index in [9.17, 15) is 5.11 Å². The van der Waals surface area contributed by atoms with E-state index in [-0.39, 0.29) is 6.61 Å².